The van der Waals surface area contributed by atoms with E-state index in [4.69, 9.17) is 0 Å². The maximum atomic E-state index is 4.11. The molecular formula is C36H41N9. The summed E-state index contributed by atoms with van der Waals surface area (Å²) in [4.78, 5) is 0. The lowest BCUT2D eigenvalue weighted by atomic mass is 9.71. The van der Waals surface area contributed by atoms with Crippen LogP contribution in [0.3, 0.4) is 0 Å². The molecule has 230 valence electrons. The summed E-state index contributed by atoms with van der Waals surface area (Å²) in [6, 6.07) is 22.2. The van der Waals surface area contributed by atoms with Gasteiger partial charge in [-0.2, -0.15) is 0 Å². The maximum absolute atomic E-state index is 4.11. The molecule has 0 spiro atoms. The monoisotopic (exact) mass is 599 g/mol. The van der Waals surface area contributed by atoms with Gasteiger partial charge in [-0.3, -0.25) is 13.7 Å². The Kier molecular flexibility index (Phi) is 7.72. The van der Waals surface area contributed by atoms with E-state index in [-0.39, 0.29) is 16.2 Å². The fourth-order valence-electron chi connectivity index (χ4n) is 6.05. The van der Waals surface area contributed by atoms with Crippen LogP contribution in [0.4, 0.5) is 0 Å². The molecule has 0 unspecified atom stereocenters. The molecule has 45 heavy (non-hydrogen) atoms. The highest BCUT2D eigenvalue weighted by molar-refractivity contribution is 5.74. The first-order chi connectivity index (χ1) is 21.4. The van der Waals surface area contributed by atoms with E-state index in [2.05, 4.69) is 140 Å². The van der Waals surface area contributed by atoms with Crippen LogP contribution in [0.2, 0.25) is 0 Å². The number of benzene rings is 3. The highest BCUT2D eigenvalue weighted by Gasteiger charge is 2.30. The largest absolute Gasteiger partial charge is 0.288 e. The van der Waals surface area contributed by atoms with Crippen LogP contribution in [-0.2, 0) is 16.2 Å². The molecule has 0 aliphatic carbocycles. The second-order valence-electron chi connectivity index (χ2n) is 14.1. The standard InChI is InChI=1S/C36H41N9/c1-34(2,3)32-13-11-26(17-33(32)45-24-41-42-25-45)30-19-29(44-22-39-40-23-44)12-14-31(30)36(6,7)16-15-35(4,5)27-9-8-10-28(18-27)43-20-37-38-21-43/h8-14,17-25H,15-16H2,1-7H3. The van der Waals surface area contributed by atoms with E-state index >= 15 is 0 Å². The number of nitrogens with zero attached hydrogens (tertiary/aromatic N) is 9. The Morgan fingerprint density at radius 1 is 0.511 bits per heavy atom. The van der Waals surface area contributed by atoms with Crippen molar-refractivity contribution in [2.24, 2.45) is 0 Å². The number of rotatable bonds is 9. The van der Waals surface area contributed by atoms with E-state index in [9.17, 15) is 0 Å². The fraction of sp³-hybridized carbons (Fsp3) is 0.333. The molecule has 0 N–H and O–H groups in total. The van der Waals surface area contributed by atoms with Gasteiger partial charge in [0.25, 0.3) is 0 Å². The third kappa shape index (κ3) is 6.20. The predicted molar refractivity (Wildman–Crippen MR) is 177 cm³/mol. The summed E-state index contributed by atoms with van der Waals surface area (Å²) >= 11 is 0. The molecule has 6 rings (SSSR count). The van der Waals surface area contributed by atoms with Crippen molar-refractivity contribution < 1.29 is 0 Å². The Hall–Kier alpha value is -4.92. The molecule has 0 fully saturated rings. The first kappa shape index (κ1) is 30.1. The Balaban J connectivity index is 1.39. The Morgan fingerprint density at radius 2 is 1.04 bits per heavy atom. The molecule has 6 aromatic rings. The summed E-state index contributed by atoms with van der Waals surface area (Å²) in [7, 11) is 0. The SMILES string of the molecule is CC(C)(C)c1ccc(-c2cc(-n3cnnc3)ccc2C(C)(C)CCC(C)(C)c2cccc(-n3cnnc3)c2)cc1-n1cnnc1. The fourth-order valence-corrected chi connectivity index (χ4v) is 6.05. The van der Waals surface area contributed by atoms with Crippen molar-refractivity contribution in [2.45, 2.75) is 77.6 Å². The van der Waals surface area contributed by atoms with Crippen molar-refractivity contribution in [1.29, 1.82) is 0 Å². The van der Waals surface area contributed by atoms with Crippen LogP contribution in [0.25, 0.3) is 28.2 Å². The zero-order valence-corrected chi connectivity index (χ0v) is 27.2. The van der Waals surface area contributed by atoms with E-state index in [1.165, 1.54) is 22.3 Å². The summed E-state index contributed by atoms with van der Waals surface area (Å²) < 4.78 is 5.91. The van der Waals surface area contributed by atoms with Gasteiger partial charge in [-0.25, -0.2) is 0 Å². The van der Waals surface area contributed by atoms with Crippen molar-refractivity contribution in [3.05, 3.63) is 115 Å². The second kappa shape index (κ2) is 11.5. The van der Waals surface area contributed by atoms with E-state index in [0.29, 0.717) is 0 Å². The average molecular weight is 600 g/mol. The van der Waals surface area contributed by atoms with Crippen LogP contribution in [0.5, 0.6) is 0 Å². The first-order valence-corrected chi connectivity index (χ1v) is 15.4. The first-order valence-electron chi connectivity index (χ1n) is 15.4. The zero-order chi connectivity index (χ0) is 31.8. The highest BCUT2D eigenvalue weighted by atomic mass is 15.2. The molecule has 3 heterocycles. The molecule has 0 saturated heterocycles. The second-order valence-corrected chi connectivity index (χ2v) is 14.1. The van der Waals surface area contributed by atoms with Crippen molar-refractivity contribution in [3.63, 3.8) is 0 Å². The molecule has 0 amide bonds. The van der Waals surface area contributed by atoms with Crippen LogP contribution >= 0.6 is 0 Å². The lowest BCUT2D eigenvalue weighted by molar-refractivity contribution is 0.375. The van der Waals surface area contributed by atoms with Crippen LogP contribution in [0, 0.1) is 0 Å². The maximum Gasteiger partial charge on any atom is 0.123 e. The van der Waals surface area contributed by atoms with Gasteiger partial charge in [-0.15, -0.1) is 30.6 Å². The van der Waals surface area contributed by atoms with Crippen LogP contribution in [0.1, 0.15) is 78.0 Å². The molecule has 0 saturated carbocycles. The normalized spacial score (nSPS) is 12.5. The van der Waals surface area contributed by atoms with Gasteiger partial charge < -0.3 is 0 Å². The molecule has 0 radical (unpaired) electrons. The van der Waals surface area contributed by atoms with Crippen molar-refractivity contribution in [3.8, 4) is 28.2 Å². The molecular weight excluding hydrogens is 558 g/mol. The van der Waals surface area contributed by atoms with Gasteiger partial charge in [0, 0.05) is 11.4 Å². The summed E-state index contributed by atoms with van der Waals surface area (Å²) in [5, 5.41) is 24.3. The van der Waals surface area contributed by atoms with Crippen LogP contribution < -0.4 is 0 Å². The Bertz CT molecular complexity index is 1880. The summed E-state index contributed by atoms with van der Waals surface area (Å²) in [6.45, 7) is 16.1. The van der Waals surface area contributed by atoms with Gasteiger partial charge >= 0.3 is 0 Å². The number of aromatic nitrogens is 9. The van der Waals surface area contributed by atoms with Crippen molar-refractivity contribution in [1.82, 2.24) is 44.3 Å². The van der Waals surface area contributed by atoms with Crippen LogP contribution in [-0.4, -0.2) is 44.3 Å². The summed E-state index contributed by atoms with van der Waals surface area (Å²) in [5.74, 6) is 0. The van der Waals surface area contributed by atoms with Gasteiger partial charge in [0.2, 0.25) is 0 Å². The average Bonchev–Trinajstić information content (AvgIpc) is 3.84. The van der Waals surface area contributed by atoms with Gasteiger partial charge in [-0.05, 0) is 87.2 Å². The minimum atomic E-state index is -0.121. The topological polar surface area (TPSA) is 92.1 Å². The van der Waals surface area contributed by atoms with Gasteiger partial charge in [-0.1, -0.05) is 78.8 Å². The van der Waals surface area contributed by atoms with Crippen LogP contribution in [0.15, 0.2) is 98.6 Å². The number of hydrogen-bond donors (Lipinski definition) is 0. The number of hydrogen-bond acceptors (Lipinski definition) is 6. The van der Waals surface area contributed by atoms with Gasteiger partial charge in [0.15, 0.2) is 0 Å². The van der Waals surface area contributed by atoms with Crippen molar-refractivity contribution >= 4 is 0 Å². The minimum Gasteiger partial charge on any atom is -0.288 e. The zero-order valence-electron chi connectivity index (χ0n) is 27.2. The summed E-state index contributed by atoms with van der Waals surface area (Å²) in [5.41, 5.74) is 9.11. The molecule has 3 aromatic heterocycles. The van der Waals surface area contributed by atoms with Gasteiger partial charge in [0.05, 0.1) is 5.69 Å². The molecule has 9 nitrogen and oxygen atoms in total. The predicted octanol–water partition coefficient (Wildman–Crippen LogP) is 7.43. The molecule has 3 aromatic carbocycles. The third-order valence-corrected chi connectivity index (χ3v) is 8.98. The smallest absolute Gasteiger partial charge is 0.123 e. The lowest BCUT2D eigenvalue weighted by Gasteiger charge is -2.34. The minimum absolute atomic E-state index is 0.0418. The van der Waals surface area contributed by atoms with Crippen molar-refractivity contribution in [2.75, 3.05) is 0 Å². The molecule has 0 atom stereocenters. The highest BCUT2D eigenvalue weighted by Crippen LogP contribution is 2.42. The molecule has 0 aliphatic rings. The lowest BCUT2D eigenvalue weighted by Crippen LogP contribution is -2.25. The van der Waals surface area contributed by atoms with E-state index in [1.54, 1.807) is 38.0 Å². The molecule has 0 bridgehead atoms. The Labute approximate surface area is 265 Å². The molecule has 0 aliphatic heterocycles. The van der Waals surface area contributed by atoms with E-state index in [1.807, 2.05) is 13.7 Å². The third-order valence-electron chi connectivity index (χ3n) is 8.98. The van der Waals surface area contributed by atoms with E-state index in [0.717, 1.165) is 35.5 Å². The quantitative estimate of drug-likeness (QED) is 0.172. The van der Waals surface area contributed by atoms with Gasteiger partial charge in [0.1, 0.15) is 38.0 Å². The van der Waals surface area contributed by atoms with E-state index < -0.39 is 0 Å². The Morgan fingerprint density at radius 3 is 1.64 bits per heavy atom. The summed E-state index contributed by atoms with van der Waals surface area (Å²) in [6.07, 6.45) is 12.5. The molecule has 9 heteroatoms.